The Labute approximate surface area is 120 Å². The largest absolute Gasteiger partial charge is 0.385 e. The molecule has 1 aromatic carbocycles. The molecule has 2 N–H and O–H groups in total. The van der Waals surface area contributed by atoms with Crippen molar-refractivity contribution in [2.24, 2.45) is 5.73 Å². The van der Waals surface area contributed by atoms with Gasteiger partial charge in [-0.2, -0.15) is 0 Å². The van der Waals surface area contributed by atoms with Crippen LogP contribution < -0.4 is 5.73 Å². The molecule has 0 bridgehead atoms. The maximum atomic E-state index is 12.5. The third-order valence-corrected chi connectivity index (χ3v) is 4.64. The van der Waals surface area contributed by atoms with Gasteiger partial charge in [-0.1, -0.05) is 24.0 Å². The lowest BCUT2D eigenvalue weighted by atomic mass is 10.2. The number of sulfonamides is 1. The summed E-state index contributed by atoms with van der Waals surface area (Å²) >= 11 is 0. The molecule has 0 amide bonds. The fraction of sp³-hybridized carbons (Fsp3) is 0.429. The van der Waals surface area contributed by atoms with Gasteiger partial charge in [0.1, 0.15) is 0 Å². The van der Waals surface area contributed by atoms with E-state index < -0.39 is 10.0 Å². The molecule has 0 unspecified atom stereocenters. The van der Waals surface area contributed by atoms with E-state index in [2.05, 4.69) is 11.8 Å². The van der Waals surface area contributed by atoms with Crippen molar-refractivity contribution >= 4 is 10.0 Å². The zero-order chi connectivity index (χ0) is 15.0. The second kappa shape index (κ2) is 8.02. The number of hydrogen-bond acceptors (Lipinski definition) is 4. The quantitative estimate of drug-likeness (QED) is 0.618. The van der Waals surface area contributed by atoms with Gasteiger partial charge in [-0.25, -0.2) is 12.7 Å². The molecule has 0 saturated carbocycles. The molecule has 5 nitrogen and oxygen atoms in total. The van der Waals surface area contributed by atoms with E-state index in [9.17, 15) is 8.42 Å². The van der Waals surface area contributed by atoms with E-state index in [-0.39, 0.29) is 11.4 Å². The fourth-order valence-corrected chi connectivity index (χ4v) is 3.01. The molecule has 0 aromatic heterocycles. The molecule has 0 saturated heterocycles. The molecule has 0 aliphatic carbocycles. The molecule has 0 atom stereocenters. The molecule has 0 fully saturated rings. The van der Waals surface area contributed by atoms with E-state index in [4.69, 9.17) is 10.5 Å². The summed E-state index contributed by atoms with van der Waals surface area (Å²) < 4.78 is 31.2. The van der Waals surface area contributed by atoms with Gasteiger partial charge >= 0.3 is 0 Å². The minimum absolute atomic E-state index is 0.193. The number of rotatable bonds is 6. The van der Waals surface area contributed by atoms with E-state index in [1.807, 2.05) is 0 Å². The van der Waals surface area contributed by atoms with Gasteiger partial charge in [-0.05, 0) is 18.6 Å². The minimum Gasteiger partial charge on any atom is -0.385 e. The highest BCUT2D eigenvalue weighted by atomic mass is 32.2. The second-order valence-corrected chi connectivity index (χ2v) is 6.19. The van der Waals surface area contributed by atoms with E-state index in [0.717, 1.165) is 0 Å². The van der Waals surface area contributed by atoms with Gasteiger partial charge in [0.05, 0.1) is 11.4 Å². The number of ether oxygens (including phenoxy) is 1. The molecule has 0 radical (unpaired) electrons. The maximum absolute atomic E-state index is 12.5. The summed E-state index contributed by atoms with van der Waals surface area (Å²) in [4.78, 5) is 0.209. The summed E-state index contributed by atoms with van der Waals surface area (Å²) in [5.41, 5.74) is 5.80. The van der Waals surface area contributed by atoms with Crippen LogP contribution in [0.15, 0.2) is 29.2 Å². The molecule has 0 aliphatic rings. The Morgan fingerprint density at radius 2 is 2.05 bits per heavy atom. The zero-order valence-corrected chi connectivity index (χ0v) is 12.6. The third-order valence-electron chi connectivity index (χ3n) is 2.72. The summed E-state index contributed by atoms with van der Waals surface area (Å²) in [5, 5.41) is 0. The van der Waals surface area contributed by atoms with Crippen LogP contribution in [0.1, 0.15) is 12.0 Å². The van der Waals surface area contributed by atoms with Gasteiger partial charge in [0.15, 0.2) is 0 Å². The highest BCUT2D eigenvalue weighted by Gasteiger charge is 2.22. The fourth-order valence-electron chi connectivity index (χ4n) is 1.66. The van der Waals surface area contributed by atoms with Crippen molar-refractivity contribution in [3.63, 3.8) is 0 Å². The molecule has 110 valence electrons. The number of nitrogens with zero attached hydrogens (tertiary/aromatic N) is 1. The number of benzene rings is 1. The van der Waals surface area contributed by atoms with E-state index in [0.29, 0.717) is 25.1 Å². The van der Waals surface area contributed by atoms with Crippen molar-refractivity contribution in [1.82, 2.24) is 4.31 Å². The molecule has 1 aromatic rings. The predicted octanol–water partition coefficient (Wildman–Crippen LogP) is 0.654. The summed E-state index contributed by atoms with van der Waals surface area (Å²) in [5.74, 6) is 5.48. The standard InChI is InChI=1S/C14H20N2O3S/c1-16(11-6-12-19-2)20(17,18)14-9-4-3-7-13(14)8-5-10-15/h3-4,7,9H,6,10-12,15H2,1-2H3. The van der Waals surface area contributed by atoms with E-state index >= 15 is 0 Å². The average molecular weight is 296 g/mol. The molecule has 0 spiro atoms. The van der Waals surface area contributed by atoms with Crippen molar-refractivity contribution in [1.29, 1.82) is 0 Å². The van der Waals surface area contributed by atoms with Crippen molar-refractivity contribution in [2.45, 2.75) is 11.3 Å². The number of methoxy groups -OCH3 is 1. The van der Waals surface area contributed by atoms with Gasteiger partial charge in [0, 0.05) is 32.9 Å². The van der Waals surface area contributed by atoms with Crippen LogP contribution in [-0.2, 0) is 14.8 Å². The molecule has 0 aliphatic heterocycles. The van der Waals surface area contributed by atoms with Crippen LogP contribution in [-0.4, -0.2) is 46.6 Å². The third kappa shape index (κ3) is 4.32. The topological polar surface area (TPSA) is 72.6 Å². The highest BCUT2D eigenvalue weighted by molar-refractivity contribution is 7.89. The van der Waals surface area contributed by atoms with Crippen LogP contribution in [0.4, 0.5) is 0 Å². The Morgan fingerprint density at radius 3 is 2.70 bits per heavy atom. The monoisotopic (exact) mass is 296 g/mol. The molecule has 6 heteroatoms. The van der Waals surface area contributed by atoms with Gasteiger partial charge in [-0.3, -0.25) is 0 Å². The second-order valence-electron chi connectivity index (χ2n) is 4.17. The van der Waals surface area contributed by atoms with Gasteiger partial charge in [-0.15, -0.1) is 0 Å². The molecule has 1 rings (SSSR count). The smallest absolute Gasteiger partial charge is 0.244 e. The lowest BCUT2D eigenvalue weighted by molar-refractivity contribution is 0.189. The van der Waals surface area contributed by atoms with Crippen LogP contribution in [0.2, 0.25) is 0 Å². The normalized spacial score (nSPS) is 11.2. The summed E-state index contributed by atoms with van der Waals surface area (Å²) in [6.45, 7) is 1.11. The van der Waals surface area contributed by atoms with Crippen LogP contribution >= 0.6 is 0 Å². The van der Waals surface area contributed by atoms with E-state index in [1.54, 1.807) is 38.4 Å². The molecular weight excluding hydrogens is 276 g/mol. The molecular formula is C14H20N2O3S. The SMILES string of the molecule is COCCCN(C)S(=O)(=O)c1ccccc1C#CCN. The molecule has 0 heterocycles. The van der Waals surface area contributed by atoms with Gasteiger partial charge in [0.2, 0.25) is 10.0 Å². The van der Waals surface area contributed by atoms with Crippen LogP contribution in [0, 0.1) is 11.8 Å². The van der Waals surface area contributed by atoms with Gasteiger partial charge < -0.3 is 10.5 Å². The Morgan fingerprint density at radius 1 is 1.35 bits per heavy atom. The first-order valence-electron chi connectivity index (χ1n) is 6.27. The Bertz CT molecular complexity index is 588. The molecule has 20 heavy (non-hydrogen) atoms. The summed E-state index contributed by atoms with van der Waals surface area (Å²) in [6, 6.07) is 6.68. The average Bonchev–Trinajstić information content (AvgIpc) is 2.45. The lowest BCUT2D eigenvalue weighted by Gasteiger charge is -2.17. The Hall–Kier alpha value is -1.39. The predicted molar refractivity (Wildman–Crippen MR) is 78.7 cm³/mol. The first-order chi connectivity index (χ1) is 9.54. The first-order valence-corrected chi connectivity index (χ1v) is 7.71. The highest BCUT2D eigenvalue weighted by Crippen LogP contribution is 2.18. The maximum Gasteiger partial charge on any atom is 0.244 e. The minimum atomic E-state index is -3.55. The summed E-state index contributed by atoms with van der Waals surface area (Å²) in [6.07, 6.45) is 0.642. The first kappa shape index (κ1) is 16.7. The van der Waals surface area contributed by atoms with Crippen LogP contribution in [0.3, 0.4) is 0 Å². The van der Waals surface area contributed by atoms with Crippen LogP contribution in [0.5, 0.6) is 0 Å². The Kier molecular flexibility index (Phi) is 6.68. The van der Waals surface area contributed by atoms with Crippen molar-refractivity contribution < 1.29 is 13.2 Å². The van der Waals surface area contributed by atoms with Crippen LogP contribution in [0.25, 0.3) is 0 Å². The zero-order valence-electron chi connectivity index (χ0n) is 11.8. The van der Waals surface area contributed by atoms with Crippen molar-refractivity contribution in [3.05, 3.63) is 29.8 Å². The van der Waals surface area contributed by atoms with Crippen molar-refractivity contribution in [3.8, 4) is 11.8 Å². The number of hydrogen-bond donors (Lipinski definition) is 1. The van der Waals surface area contributed by atoms with E-state index in [1.165, 1.54) is 4.31 Å². The van der Waals surface area contributed by atoms with Gasteiger partial charge in [0.25, 0.3) is 0 Å². The Balaban J connectivity index is 3.03. The lowest BCUT2D eigenvalue weighted by Crippen LogP contribution is -2.29. The van der Waals surface area contributed by atoms with Crippen molar-refractivity contribution in [2.75, 3.05) is 33.9 Å². The number of nitrogens with two attached hydrogens (primary N) is 1. The summed E-state index contributed by atoms with van der Waals surface area (Å²) in [7, 11) is -0.403.